The number of hydrogen-bond donors (Lipinski definition) is 1. The van der Waals surface area contributed by atoms with Crippen LogP contribution in [0, 0.1) is 5.82 Å². The average molecular weight is 358 g/mol. The Balaban J connectivity index is 1.93. The van der Waals surface area contributed by atoms with Crippen LogP contribution in [0.4, 0.5) is 4.39 Å². The summed E-state index contributed by atoms with van der Waals surface area (Å²) in [6, 6.07) is 10.4. The van der Waals surface area contributed by atoms with Gasteiger partial charge in [-0.3, -0.25) is 0 Å². The number of nitrogens with one attached hydrogen (secondary N) is 1. The summed E-state index contributed by atoms with van der Waals surface area (Å²) in [6.45, 7) is 0. The second-order valence-corrected chi connectivity index (χ2v) is 8.18. The minimum absolute atomic E-state index is 0.108. The number of rotatable bonds is 3. The van der Waals surface area contributed by atoms with Gasteiger partial charge in [-0.15, -0.1) is 11.8 Å². The highest BCUT2D eigenvalue weighted by atomic mass is 35.5. The summed E-state index contributed by atoms with van der Waals surface area (Å²) >= 11 is 7.26. The zero-order valence-corrected chi connectivity index (χ0v) is 13.8. The van der Waals surface area contributed by atoms with E-state index in [1.165, 1.54) is 30.0 Å². The van der Waals surface area contributed by atoms with E-state index in [1.54, 1.807) is 24.3 Å². The van der Waals surface area contributed by atoms with Crippen LogP contribution in [0.5, 0.6) is 0 Å². The van der Waals surface area contributed by atoms with Crippen LogP contribution in [0.15, 0.2) is 52.3 Å². The summed E-state index contributed by atoms with van der Waals surface area (Å²) in [5.41, 5.74) is 0.682. The fourth-order valence-corrected chi connectivity index (χ4v) is 5.09. The maximum absolute atomic E-state index is 13.8. The molecule has 0 radical (unpaired) electrons. The lowest BCUT2D eigenvalue weighted by Crippen LogP contribution is -2.31. The molecule has 2 aromatic carbocycles. The van der Waals surface area contributed by atoms with Gasteiger partial charge in [-0.2, -0.15) is 0 Å². The largest absolute Gasteiger partial charge is 0.241 e. The average Bonchev–Trinajstić information content (AvgIpc) is 2.48. The molecule has 0 saturated heterocycles. The summed E-state index contributed by atoms with van der Waals surface area (Å²) < 4.78 is 41.4. The van der Waals surface area contributed by atoms with E-state index in [4.69, 9.17) is 11.6 Å². The van der Waals surface area contributed by atoms with Gasteiger partial charge in [-0.25, -0.2) is 17.5 Å². The number of thioether (sulfide) groups is 1. The van der Waals surface area contributed by atoms with Crippen LogP contribution in [0.25, 0.3) is 0 Å². The van der Waals surface area contributed by atoms with Gasteiger partial charge < -0.3 is 0 Å². The Hall–Kier alpha value is -1.08. The van der Waals surface area contributed by atoms with Crippen molar-refractivity contribution in [3.05, 3.63) is 58.9 Å². The van der Waals surface area contributed by atoms with Crippen molar-refractivity contribution in [3.8, 4) is 0 Å². The van der Waals surface area contributed by atoms with E-state index >= 15 is 0 Å². The summed E-state index contributed by atoms with van der Waals surface area (Å²) in [4.78, 5) is 0.628. The van der Waals surface area contributed by atoms with E-state index in [0.29, 0.717) is 27.7 Å². The number of sulfonamides is 1. The van der Waals surface area contributed by atoms with Crippen LogP contribution in [0.1, 0.15) is 18.0 Å². The van der Waals surface area contributed by atoms with Crippen molar-refractivity contribution >= 4 is 33.4 Å². The topological polar surface area (TPSA) is 46.2 Å². The molecular formula is C15H13ClFNO2S2. The fourth-order valence-electron chi connectivity index (χ4n) is 2.40. The van der Waals surface area contributed by atoms with Crippen LogP contribution in [0.3, 0.4) is 0 Å². The highest BCUT2D eigenvalue weighted by Crippen LogP contribution is 2.38. The molecule has 3 nitrogen and oxygen atoms in total. The quantitative estimate of drug-likeness (QED) is 0.903. The maximum Gasteiger partial charge on any atom is 0.241 e. The molecule has 2 aromatic rings. The van der Waals surface area contributed by atoms with Gasteiger partial charge in [0.1, 0.15) is 5.82 Å². The molecule has 0 fully saturated rings. The highest BCUT2D eigenvalue weighted by molar-refractivity contribution is 7.99. The predicted octanol–water partition coefficient (Wildman–Crippen LogP) is 3.99. The van der Waals surface area contributed by atoms with Crippen molar-refractivity contribution in [2.24, 2.45) is 0 Å². The first-order chi connectivity index (χ1) is 10.5. The second kappa shape index (κ2) is 6.20. The third kappa shape index (κ3) is 3.15. The first kappa shape index (κ1) is 15.8. The Bertz CT molecular complexity index is 811. The van der Waals surface area contributed by atoms with E-state index in [0.717, 1.165) is 0 Å². The summed E-state index contributed by atoms with van der Waals surface area (Å²) in [5.74, 6) is 0.352. The maximum atomic E-state index is 13.8. The first-order valence-corrected chi connectivity index (χ1v) is 9.51. The number of benzene rings is 2. The Kier molecular flexibility index (Phi) is 4.45. The van der Waals surface area contributed by atoms with Crippen molar-refractivity contribution in [3.63, 3.8) is 0 Å². The second-order valence-electron chi connectivity index (χ2n) is 4.93. The van der Waals surface area contributed by atoms with Gasteiger partial charge in [0, 0.05) is 16.0 Å². The van der Waals surface area contributed by atoms with Gasteiger partial charge in [0.05, 0.1) is 4.90 Å². The highest BCUT2D eigenvalue weighted by Gasteiger charge is 2.27. The van der Waals surface area contributed by atoms with E-state index in [9.17, 15) is 12.8 Å². The van der Waals surface area contributed by atoms with Crippen molar-refractivity contribution in [1.82, 2.24) is 4.72 Å². The van der Waals surface area contributed by atoms with Crippen LogP contribution >= 0.6 is 23.4 Å². The summed E-state index contributed by atoms with van der Waals surface area (Å²) in [5, 5.41) is 0.355. The van der Waals surface area contributed by atoms with E-state index in [-0.39, 0.29) is 10.7 Å². The first-order valence-electron chi connectivity index (χ1n) is 6.66. The van der Waals surface area contributed by atoms with Crippen molar-refractivity contribution in [1.29, 1.82) is 0 Å². The molecule has 0 spiro atoms. The molecule has 0 amide bonds. The molecule has 0 aromatic heterocycles. The smallest absolute Gasteiger partial charge is 0.207 e. The molecule has 0 aliphatic carbocycles. The molecule has 22 heavy (non-hydrogen) atoms. The molecule has 116 valence electrons. The molecule has 0 saturated carbocycles. The third-order valence-electron chi connectivity index (χ3n) is 3.43. The van der Waals surface area contributed by atoms with Gasteiger partial charge in [-0.1, -0.05) is 29.8 Å². The Labute approximate surface area is 137 Å². The van der Waals surface area contributed by atoms with Gasteiger partial charge in [0.15, 0.2) is 0 Å². The van der Waals surface area contributed by atoms with Gasteiger partial charge >= 0.3 is 0 Å². The molecule has 0 unspecified atom stereocenters. The van der Waals surface area contributed by atoms with Crippen LogP contribution < -0.4 is 4.72 Å². The fraction of sp³-hybridized carbons (Fsp3) is 0.200. The monoisotopic (exact) mass is 357 g/mol. The zero-order valence-electron chi connectivity index (χ0n) is 11.4. The van der Waals surface area contributed by atoms with E-state index < -0.39 is 16.1 Å². The summed E-state index contributed by atoms with van der Waals surface area (Å²) in [6.07, 6.45) is 0.612. The lowest BCUT2D eigenvalue weighted by atomic mass is 10.0. The Morgan fingerprint density at radius 1 is 1.23 bits per heavy atom. The molecular weight excluding hydrogens is 345 g/mol. The molecule has 1 N–H and O–H groups in total. The number of hydrogen-bond acceptors (Lipinski definition) is 3. The normalized spacial score (nSPS) is 18.0. The molecule has 1 atom stereocenters. The molecule has 7 heteroatoms. The molecule has 1 heterocycles. The van der Waals surface area contributed by atoms with Crippen LogP contribution in [-0.2, 0) is 10.0 Å². The van der Waals surface area contributed by atoms with Crippen molar-refractivity contribution in [2.75, 3.05) is 5.75 Å². The van der Waals surface area contributed by atoms with E-state index in [1.807, 2.05) is 0 Å². The lowest BCUT2D eigenvalue weighted by molar-refractivity contribution is 0.533. The minimum Gasteiger partial charge on any atom is -0.207 e. The Morgan fingerprint density at radius 3 is 2.77 bits per heavy atom. The molecule has 1 aliphatic rings. The van der Waals surface area contributed by atoms with Crippen molar-refractivity contribution < 1.29 is 12.8 Å². The Morgan fingerprint density at radius 2 is 2.00 bits per heavy atom. The molecule has 1 aliphatic heterocycles. The lowest BCUT2D eigenvalue weighted by Gasteiger charge is -2.26. The van der Waals surface area contributed by atoms with Crippen LogP contribution in [0.2, 0.25) is 5.02 Å². The standard InChI is InChI=1S/C15H13ClFNO2S2/c16-10-3-1-4-11(9-10)22(19,20)18-14-7-8-21-15-12(14)5-2-6-13(15)17/h1-6,9,14,18H,7-8H2/t14-/m0/s1. The number of fused-ring (bicyclic) bond motifs is 1. The molecule has 0 bridgehead atoms. The molecule has 3 rings (SSSR count). The predicted molar refractivity (Wildman–Crippen MR) is 86.3 cm³/mol. The zero-order chi connectivity index (χ0) is 15.7. The SMILES string of the molecule is O=S(=O)(N[C@H]1CCSc2c(F)cccc21)c1cccc(Cl)c1. The number of halogens is 2. The van der Waals surface area contributed by atoms with Gasteiger partial charge in [0.2, 0.25) is 10.0 Å². The van der Waals surface area contributed by atoms with Crippen molar-refractivity contribution in [2.45, 2.75) is 22.3 Å². The van der Waals surface area contributed by atoms with Gasteiger partial charge in [0.25, 0.3) is 0 Å². The third-order valence-corrected chi connectivity index (χ3v) is 6.29. The van der Waals surface area contributed by atoms with Gasteiger partial charge in [-0.05, 0) is 42.0 Å². The minimum atomic E-state index is -3.70. The van der Waals surface area contributed by atoms with Crippen LogP contribution in [-0.4, -0.2) is 14.2 Å². The summed E-state index contributed by atoms with van der Waals surface area (Å²) in [7, 11) is -3.70. The van der Waals surface area contributed by atoms with E-state index in [2.05, 4.69) is 4.72 Å².